The van der Waals surface area contributed by atoms with Crippen LogP contribution < -0.4 is 0 Å². The number of aryl methyl sites for hydroxylation is 1. The van der Waals surface area contributed by atoms with E-state index in [1.807, 2.05) is 25.1 Å². The van der Waals surface area contributed by atoms with Crippen LogP contribution >= 0.6 is 0 Å². The molecule has 1 aliphatic rings. The fourth-order valence-electron chi connectivity index (χ4n) is 1.93. The summed E-state index contributed by atoms with van der Waals surface area (Å²) in [6.07, 6.45) is 0.703. The van der Waals surface area contributed by atoms with Crippen molar-refractivity contribution in [1.82, 2.24) is 4.98 Å². The van der Waals surface area contributed by atoms with Gasteiger partial charge in [0.15, 0.2) is 0 Å². The molecule has 2 rings (SSSR count). The molecular weight excluding hydrogens is 213 g/mol. The maximum Gasteiger partial charge on any atom is 0.464 e. The lowest BCUT2D eigenvalue weighted by atomic mass is 9.83. The Kier molecular flexibility index (Phi) is 3.04. The van der Waals surface area contributed by atoms with Crippen LogP contribution in [0.5, 0.6) is 0 Å². The first-order valence-electron chi connectivity index (χ1n) is 6.08. The van der Waals surface area contributed by atoms with Crippen LogP contribution in [0.4, 0.5) is 0 Å². The summed E-state index contributed by atoms with van der Waals surface area (Å²) in [4.78, 5) is 4.47. The van der Waals surface area contributed by atoms with E-state index in [-0.39, 0.29) is 18.3 Å². The lowest BCUT2D eigenvalue weighted by molar-refractivity contribution is 0.00578. The summed E-state index contributed by atoms with van der Waals surface area (Å²) >= 11 is 0. The summed E-state index contributed by atoms with van der Waals surface area (Å²) in [7, 11) is -0.200. The molecule has 1 aromatic heterocycles. The second-order valence-corrected chi connectivity index (χ2v) is 5.66. The van der Waals surface area contributed by atoms with Crippen LogP contribution in [-0.4, -0.2) is 23.3 Å². The lowest BCUT2D eigenvalue weighted by Crippen LogP contribution is -2.41. The molecule has 3 nitrogen and oxygen atoms in total. The molecule has 0 spiro atoms. The Labute approximate surface area is 104 Å². The summed E-state index contributed by atoms with van der Waals surface area (Å²) in [6, 6.07) is 6.02. The van der Waals surface area contributed by atoms with Crippen molar-refractivity contribution < 1.29 is 9.31 Å². The highest BCUT2D eigenvalue weighted by atomic mass is 16.7. The third-order valence-corrected chi connectivity index (χ3v) is 3.62. The van der Waals surface area contributed by atoms with Crippen LogP contribution in [0.3, 0.4) is 0 Å². The third-order valence-electron chi connectivity index (χ3n) is 3.62. The number of hydrogen-bond donors (Lipinski definition) is 0. The fourth-order valence-corrected chi connectivity index (χ4v) is 1.93. The fraction of sp³-hybridized carbons (Fsp3) is 0.615. The van der Waals surface area contributed by atoms with Gasteiger partial charge < -0.3 is 9.31 Å². The van der Waals surface area contributed by atoms with Crippen molar-refractivity contribution in [2.45, 2.75) is 52.1 Å². The first-order valence-corrected chi connectivity index (χ1v) is 6.08. The van der Waals surface area contributed by atoms with Gasteiger partial charge in [0, 0.05) is 17.7 Å². The van der Waals surface area contributed by atoms with Gasteiger partial charge in [-0.15, -0.1) is 0 Å². The molecule has 0 aromatic carbocycles. The number of pyridine rings is 1. The molecule has 1 fully saturated rings. The number of hydrogen-bond acceptors (Lipinski definition) is 3. The van der Waals surface area contributed by atoms with E-state index in [0.29, 0.717) is 6.32 Å². The summed E-state index contributed by atoms with van der Waals surface area (Å²) in [6.45, 7) is 10.3. The van der Waals surface area contributed by atoms with Gasteiger partial charge >= 0.3 is 7.12 Å². The van der Waals surface area contributed by atoms with Gasteiger partial charge in [-0.05, 0) is 46.8 Å². The van der Waals surface area contributed by atoms with E-state index in [1.165, 1.54) is 0 Å². The van der Waals surface area contributed by atoms with E-state index in [4.69, 9.17) is 9.31 Å². The molecule has 0 amide bonds. The van der Waals surface area contributed by atoms with E-state index in [9.17, 15) is 0 Å². The third kappa shape index (κ3) is 2.53. The summed E-state index contributed by atoms with van der Waals surface area (Å²) < 4.78 is 11.9. The second-order valence-electron chi connectivity index (χ2n) is 5.66. The van der Waals surface area contributed by atoms with Crippen molar-refractivity contribution in [3.8, 4) is 0 Å². The standard InChI is InChI=1S/C13H20BNO2/c1-10-7-6-8-11(15-10)9-14-16-12(2,3)13(4,5)17-14/h6-8H,9H2,1-5H3. The van der Waals surface area contributed by atoms with Gasteiger partial charge in [-0.2, -0.15) is 0 Å². The van der Waals surface area contributed by atoms with Gasteiger partial charge in [0.1, 0.15) is 0 Å². The normalized spacial score (nSPS) is 21.8. The summed E-state index contributed by atoms with van der Waals surface area (Å²) in [5.41, 5.74) is 1.52. The molecule has 0 aliphatic carbocycles. The molecule has 1 saturated heterocycles. The molecule has 0 N–H and O–H groups in total. The van der Waals surface area contributed by atoms with E-state index >= 15 is 0 Å². The van der Waals surface area contributed by atoms with Crippen LogP contribution in [0.2, 0.25) is 0 Å². The van der Waals surface area contributed by atoms with Gasteiger partial charge in [-0.3, -0.25) is 4.98 Å². The van der Waals surface area contributed by atoms with Crippen molar-refractivity contribution in [1.29, 1.82) is 0 Å². The van der Waals surface area contributed by atoms with E-state index < -0.39 is 0 Å². The maximum atomic E-state index is 5.95. The van der Waals surface area contributed by atoms with Crippen LogP contribution in [0.15, 0.2) is 18.2 Å². The zero-order chi connectivity index (χ0) is 12.7. The van der Waals surface area contributed by atoms with Crippen LogP contribution in [0, 0.1) is 6.92 Å². The van der Waals surface area contributed by atoms with Crippen LogP contribution in [0.1, 0.15) is 39.1 Å². The summed E-state index contributed by atoms with van der Waals surface area (Å²) in [5.74, 6) is 0. The van der Waals surface area contributed by atoms with Crippen molar-refractivity contribution >= 4 is 7.12 Å². The maximum absolute atomic E-state index is 5.95. The monoisotopic (exact) mass is 233 g/mol. The minimum atomic E-state index is -0.262. The van der Waals surface area contributed by atoms with Gasteiger partial charge in [0.25, 0.3) is 0 Å². The molecule has 1 aromatic rings. The van der Waals surface area contributed by atoms with Crippen molar-refractivity contribution in [3.05, 3.63) is 29.6 Å². The number of rotatable bonds is 2. The van der Waals surface area contributed by atoms with E-state index in [2.05, 4.69) is 32.7 Å². The number of nitrogens with zero attached hydrogens (tertiary/aromatic N) is 1. The SMILES string of the molecule is Cc1cccc(CB2OC(C)(C)C(C)(C)O2)n1. The molecule has 0 bridgehead atoms. The predicted molar refractivity (Wildman–Crippen MR) is 68.8 cm³/mol. The van der Waals surface area contributed by atoms with E-state index in [0.717, 1.165) is 11.4 Å². The van der Waals surface area contributed by atoms with E-state index in [1.54, 1.807) is 0 Å². The molecule has 0 atom stereocenters. The Morgan fingerprint density at radius 1 is 1.12 bits per heavy atom. The van der Waals surface area contributed by atoms with Crippen molar-refractivity contribution in [2.24, 2.45) is 0 Å². The number of aromatic nitrogens is 1. The Bertz CT molecular complexity index is 402. The quantitative estimate of drug-likeness (QED) is 0.735. The minimum Gasteiger partial charge on any atom is -0.403 e. The van der Waals surface area contributed by atoms with Gasteiger partial charge in [0.2, 0.25) is 0 Å². The molecule has 2 heterocycles. The topological polar surface area (TPSA) is 31.4 Å². The molecule has 0 saturated carbocycles. The average molecular weight is 233 g/mol. The average Bonchev–Trinajstić information content (AvgIpc) is 2.34. The zero-order valence-corrected chi connectivity index (χ0v) is 11.3. The molecule has 17 heavy (non-hydrogen) atoms. The van der Waals surface area contributed by atoms with Crippen LogP contribution in [-0.2, 0) is 15.6 Å². The van der Waals surface area contributed by atoms with Crippen molar-refractivity contribution in [2.75, 3.05) is 0 Å². The Morgan fingerprint density at radius 2 is 1.71 bits per heavy atom. The highest BCUT2D eigenvalue weighted by Gasteiger charge is 2.50. The smallest absolute Gasteiger partial charge is 0.403 e. The Hall–Kier alpha value is -0.865. The van der Waals surface area contributed by atoms with Gasteiger partial charge in [-0.25, -0.2) is 0 Å². The Morgan fingerprint density at radius 3 is 2.24 bits per heavy atom. The first kappa shape index (κ1) is 12.6. The first-order chi connectivity index (χ1) is 7.80. The molecule has 92 valence electrons. The highest BCUT2D eigenvalue weighted by Crippen LogP contribution is 2.37. The largest absolute Gasteiger partial charge is 0.464 e. The zero-order valence-electron chi connectivity index (χ0n) is 11.3. The lowest BCUT2D eigenvalue weighted by Gasteiger charge is -2.32. The second kappa shape index (κ2) is 4.11. The molecular formula is C13H20BNO2. The molecule has 0 radical (unpaired) electrons. The van der Waals surface area contributed by atoms with Crippen molar-refractivity contribution in [3.63, 3.8) is 0 Å². The van der Waals surface area contributed by atoms with Gasteiger partial charge in [-0.1, -0.05) is 6.07 Å². The predicted octanol–water partition coefficient (Wildman–Crippen LogP) is 2.56. The Balaban J connectivity index is 2.08. The van der Waals surface area contributed by atoms with Crippen LogP contribution in [0.25, 0.3) is 0 Å². The highest BCUT2D eigenvalue weighted by molar-refractivity contribution is 6.44. The molecule has 1 aliphatic heterocycles. The molecule has 0 unspecified atom stereocenters. The molecule has 4 heteroatoms. The van der Waals surface area contributed by atoms with Gasteiger partial charge in [0.05, 0.1) is 11.2 Å². The summed E-state index contributed by atoms with van der Waals surface area (Å²) in [5, 5.41) is 0. The minimum absolute atomic E-state index is 0.200.